The van der Waals surface area contributed by atoms with E-state index in [-0.39, 0.29) is 0 Å². The molecule has 0 aliphatic carbocycles. The molecule has 1 aliphatic heterocycles. The van der Waals surface area contributed by atoms with E-state index < -0.39 is 0 Å². The first-order valence-electron chi connectivity index (χ1n) is 6.52. The summed E-state index contributed by atoms with van der Waals surface area (Å²) in [5.41, 5.74) is 0. The Kier molecular flexibility index (Phi) is 4.50. The molecule has 0 aromatic carbocycles. The van der Waals surface area contributed by atoms with Crippen LogP contribution in [0.3, 0.4) is 0 Å². The van der Waals surface area contributed by atoms with E-state index in [0.29, 0.717) is 6.04 Å². The van der Waals surface area contributed by atoms with Crippen molar-refractivity contribution in [1.29, 1.82) is 0 Å². The van der Waals surface area contributed by atoms with Crippen LogP contribution in [0.15, 0.2) is 6.33 Å². The average Bonchev–Trinajstić information content (AvgIpc) is 2.82. The van der Waals surface area contributed by atoms with Crippen LogP contribution in [-0.4, -0.2) is 52.8 Å². The Bertz CT molecular complexity index is 311. The third-order valence-electron chi connectivity index (χ3n) is 3.66. The van der Waals surface area contributed by atoms with Gasteiger partial charge in [-0.1, -0.05) is 0 Å². The summed E-state index contributed by atoms with van der Waals surface area (Å²) in [4.78, 5) is 6.56. The van der Waals surface area contributed by atoms with E-state index in [1.165, 1.54) is 25.9 Å². The lowest BCUT2D eigenvalue weighted by Gasteiger charge is -2.33. The van der Waals surface area contributed by atoms with Crippen molar-refractivity contribution in [2.24, 2.45) is 5.92 Å². The highest BCUT2D eigenvalue weighted by molar-refractivity contribution is 4.83. The summed E-state index contributed by atoms with van der Waals surface area (Å²) >= 11 is 0. The van der Waals surface area contributed by atoms with Crippen molar-refractivity contribution in [2.75, 3.05) is 26.7 Å². The van der Waals surface area contributed by atoms with Gasteiger partial charge in [0.1, 0.15) is 12.2 Å². The van der Waals surface area contributed by atoms with Gasteiger partial charge >= 0.3 is 0 Å². The molecule has 17 heavy (non-hydrogen) atoms. The SMILES string of the molecule is CC(NCCc1ncn[nH]1)C1CCCN(C)C1. The highest BCUT2D eigenvalue weighted by atomic mass is 15.2. The standard InChI is InChI=1S/C12H23N5/c1-10(11-4-3-7-17(2)8-11)13-6-5-12-14-9-15-16-12/h9-11,13H,3-8H2,1-2H3,(H,14,15,16). The lowest BCUT2D eigenvalue weighted by molar-refractivity contribution is 0.179. The molecule has 2 atom stereocenters. The number of nitrogens with one attached hydrogen (secondary N) is 2. The molecule has 1 saturated heterocycles. The van der Waals surface area contributed by atoms with Gasteiger partial charge in [0.15, 0.2) is 0 Å². The predicted molar refractivity (Wildman–Crippen MR) is 67.8 cm³/mol. The molecule has 96 valence electrons. The van der Waals surface area contributed by atoms with Gasteiger partial charge in [-0.15, -0.1) is 0 Å². The topological polar surface area (TPSA) is 56.8 Å². The van der Waals surface area contributed by atoms with Gasteiger partial charge in [0.25, 0.3) is 0 Å². The van der Waals surface area contributed by atoms with Crippen LogP contribution in [0.5, 0.6) is 0 Å². The molecule has 2 unspecified atom stereocenters. The number of nitrogens with zero attached hydrogens (tertiary/aromatic N) is 3. The minimum absolute atomic E-state index is 0.584. The van der Waals surface area contributed by atoms with Crippen LogP contribution in [0.1, 0.15) is 25.6 Å². The average molecular weight is 237 g/mol. The predicted octanol–water partition coefficient (Wildman–Crippen LogP) is 0.667. The first-order valence-corrected chi connectivity index (χ1v) is 6.52. The highest BCUT2D eigenvalue weighted by Gasteiger charge is 2.22. The van der Waals surface area contributed by atoms with Crippen molar-refractivity contribution in [3.05, 3.63) is 12.2 Å². The quantitative estimate of drug-likeness (QED) is 0.790. The summed E-state index contributed by atoms with van der Waals surface area (Å²) in [5, 5.41) is 10.3. The first-order chi connectivity index (χ1) is 8.25. The van der Waals surface area contributed by atoms with Gasteiger partial charge in [0.05, 0.1) is 0 Å². The second kappa shape index (κ2) is 6.12. The van der Waals surface area contributed by atoms with E-state index in [1.807, 2.05) is 0 Å². The van der Waals surface area contributed by atoms with Crippen LogP contribution in [0.4, 0.5) is 0 Å². The van der Waals surface area contributed by atoms with Crippen LogP contribution < -0.4 is 5.32 Å². The number of aromatic nitrogens is 3. The van der Waals surface area contributed by atoms with E-state index in [9.17, 15) is 0 Å². The van der Waals surface area contributed by atoms with Crippen molar-refractivity contribution < 1.29 is 0 Å². The number of aromatic amines is 1. The minimum Gasteiger partial charge on any atom is -0.313 e. The number of rotatable bonds is 5. The molecule has 5 heteroatoms. The Balaban J connectivity index is 1.68. The maximum atomic E-state index is 4.12. The Labute approximate surface area is 103 Å². The highest BCUT2D eigenvalue weighted by Crippen LogP contribution is 2.18. The number of H-pyrrole nitrogens is 1. The Morgan fingerprint density at radius 1 is 1.65 bits per heavy atom. The van der Waals surface area contributed by atoms with Gasteiger partial charge in [-0.05, 0) is 39.3 Å². The zero-order valence-corrected chi connectivity index (χ0v) is 10.8. The fourth-order valence-electron chi connectivity index (χ4n) is 2.55. The summed E-state index contributed by atoms with van der Waals surface area (Å²) < 4.78 is 0. The van der Waals surface area contributed by atoms with E-state index in [4.69, 9.17) is 0 Å². The van der Waals surface area contributed by atoms with Gasteiger partial charge in [-0.2, -0.15) is 5.10 Å². The molecule has 2 heterocycles. The lowest BCUT2D eigenvalue weighted by Crippen LogP contribution is -2.43. The van der Waals surface area contributed by atoms with E-state index >= 15 is 0 Å². The minimum atomic E-state index is 0.584. The van der Waals surface area contributed by atoms with Crippen molar-refractivity contribution in [3.63, 3.8) is 0 Å². The van der Waals surface area contributed by atoms with E-state index in [0.717, 1.165) is 24.7 Å². The summed E-state index contributed by atoms with van der Waals surface area (Å²) in [6, 6.07) is 0.584. The maximum Gasteiger partial charge on any atom is 0.137 e. The summed E-state index contributed by atoms with van der Waals surface area (Å²) in [5.74, 6) is 1.74. The third-order valence-corrected chi connectivity index (χ3v) is 3.66. The molecule has 1 fully saturated rings. The van der Waals surface area contributed by atoms with Gasteiger partial charge in [-0.3, -0.25) is 5.10 Å². The first kappa shape index (κ1) is 12.5. The molecule has 1 aliphatic rings. The number of piperidine rings is 1. The van der Waals surface area contributed by atoms with Crippen LogP contribution in [0, 0.1) is 5.92 Å². The van der Waals surface area contributed by atoms with Crippen LogP contribution in [0.2, 0.25) is 0 Å². The molecule has 0 saturated carbocycles. The van der Waals surface area contributed by atoms with Gasteiger partial charge in [0.2, 0.25) is 0 Å². The summed E-state index contributed by atoms with van der Waals surface area (Å²) in [6.45, 7) is 5.73. The number of hydrogen-bond donors (Lipinski definition) is 2. The zero-order chi connectivity index (χ0) is 12.1. The lowest BCUT2D eigenvalue weighted by atomic mass is 9.92. The molecule has 5 nitrogen and oxygen atoms in total. The summed E-state index contributed by atoms with van der Waals surface area (Å²) in [6.07, 6.45) is 5.16. The van der Waals surface area contributed by atoms with Crippen LogP contribution in [-0.2, 0) is 6.42 Å². The smallest absolute Gasteiger partial charge is 0.137 e. The van der Waals surface area contributed by atoms with Crippen molar-refractivity contribution in [3.8, 4) is 0 Å². The number of likely N-dealkylation sites (tertiary alicyclic amines) is 1. The van der Waals surface area contributed by atoms with E-state index in [2.05, 4.69) is 39.4 Å². The Morgan fingerprint density at radius 2 is 2.53 bits per heavy atom. The van der Waals surface area contributed by atoms with Gasteiger partial charge in [-0.25, -0.2) is 4.98 Å². The fraction of sp³-hybridized carbons (Fsp3) is 0.833. The second-order valence-corrected chi connectivity index (χ2v) is 5.09. The largest absolute Gasteiger partial charge is 0.313 e. The van der Waals surface area contributed by atoms with E-state index in [1.54, 1.807) is 6.33 Å². The number of hydrogen-bond acceptors (Lipinski definition) is 4. The molecule has 1 aromatic heterocycles. The van der Waals surface area contributed by atoms with Crippen molar-refractivity contribution in [2.45, 2.75) is 32.2 Å². The molecule has 2 N–H and O–H groups in total. The molecule has 0 bridgehead atoms. The Morgan fingerprint density at radius 3 is 3.24 bits per heavy atom. The molecule has 1 aromatic rings. The maximum absolute atomic E-state index is 4.12. The molecule has 0 amide bonds. The molecule has 0 spiro atoms. The monoisotopic (exact) mass is 237 g/mol. The summed E-state index contributed by atoms with van der Waals surface area (Å²) in [7, 11) is 2.22. The molecule has 0 radical (unpaired) electrons. The van der Waals surface area contributed by atoms with Gasteiger partial charge in [0, 0.05) is 25.6 Å². The van der Waals surface area contributed by atoms with Crippen LogP contribution in [0.25, 0.3) is 0 Å². The van der Waals surface area contributed by atoms with Crippen molar-refractivity contribution in [1.82, 2.24) is 25.4 Å². The van der Waals surface area contributed by atoms with Crippen LogP contribution >= 0.6 is 0 Å². The second-order valence-electron chi connectivity index (χ2n) is 5.09. The molecule has 2 rings (SSSR count). The van der Waals surface area contributed by atoms with Gasteiger partial charge < -0.3 is 10.2 Å². The molecular formula is C12H23N5. The van der Waals surface area contributed by atoms with Crippen molar-refractivity contribution >= 4 is 0 Å². The normalized spacial score (nSPS) is 23.8. The Hall–Kier alpha value is -0.940. The zero-order valence-electron chi connectivity index (χ0n) is 10.8. The fourth-order valence-corrected chi connectivity index (χ4v) is 2.55. The third kappa shape index (κ3) is 3.78. The molecular weight excluding hydrogens is 214 g/mol.